The van der Waals surface area contributed by atoms with Crippen LogP contribution in [0.4, 0.5) is 5.69 Å². The van der Waals surface area contributed by atoms with Gasteiger partial charge >= 0.3 is 0 Å². The van der Waals surface area contributed by atoms with Gasteiger partial charge in [0.2, 0.25) is 5.91 Å². The lowest BCUT2D eigenvalue weighted by Crippen LogP contribution is -2.39. The molecule has 1 aromatic rings. The summed E-state index contributed by atoms with van der Waals surface area (Å²) >= 11 is 6.85. The topological polar surface area (TPSA) is 55.1 Å². The van der Waals surface area contributed by atoms with E-state index in [1.807, 2.05) is 32.9 Å². The molecule has 94 valence electrons. The lowest BCUT2D eigenvalue weighted by atomic mass is 10.0. The first-order valence-electron chi connectivity index (χ1n) is 5.35. The number of halogens is 2. The van der Waals surface area contributed by atoms with Gasteiger partial charge in [-0.05, 0) is 62.4 Å². The van der Waals surface area contributed by atoms with Crippen LogP contribution in [0.2, 0.25) is 0 Å². The van der Waals surface area contributed by atoms with Crippen LogP contribution in [0.25, 0.3) is 0 Å². The molecule has 0 saturated carbocycles. The number of anilines is 1. The lowest BCUT2D eigenvalue weighted by molar-refractivity contribution is -0.118. The minimum Gasteiger partial charge on any atom is -0.323 e. The summed E-state index contributed by atoms with van der Waals surface area (Å²) in [6.07, 6.45) is 0. The van der Waals surface area contributed by atoms with Crippen molar-refractivity contribution in [2.75, 3.05) is 5.32 Å². The molecule has 0 fully saturated rings. The number of rotatable bonds is 3. The van der Waals surface area contributed by atoms with Crippen molar-refractivity contribution in [2.45, 2.75) is 26.8 Å². The molecule has 17 heavy (non-hydrogen) atoms. The fraction of sp³-hybridized carbons (Fsp3) is 0.417. The molecule has 0 radical (unpaired) electrons. The average Bonchev–Trinajstić information content (AvgIpc) is 2.21. The Bertz CT molecular complexity index is 410. The molecular weight excluding hydrogens is 348 g/mol. The van der Waals surface area contributed by atoms with Crippen LogP contribution in [-0.2, 0) is 4.79 Å². The van der Waals surface area contributed by atoms with E-state index in [9.17, 15) is 4.79 Å². The number of carbonyl (C=O) groups excluding carboxylic acids is 1. The summed E-state index contributed by atoms with van der Waals surface area (Å²) in [4.78, 5) is 11.9. The van der Waals surface area contributed by atoms with Gasteiger partial charge in [0.15, 0.2) is 0 Å². The number of aryl methyl sites for hydroxylation is 1. The monoisotopic (exact) mass is 362 g/mol. The number of hydrogen-bond donors (Lipinski definition) is 2. The van der Waals surface area contributed by atoms with Gasteiger partial charge in [0.1, 0.15) is 0 Å². The van der Waals surface area contributed by atoms with Crippen LogP contribution < -0.4 is 11.1 Å². The molecular formula is C12H16Br2N2O. The first-order valence-corrected chi connectivity index (χ1v) is 6.93. The zero-order valence-corrected chi connectivity index (χ0v) is 13.2. The molecule has 1 aromatic carbocycles. The molecule has 3 nitrogen and oxygen atoms in total. The summed E-state index contributed by atoms with van der Waals surface area (Å²) in [5.74, 6) is -0.0664. The van der Waals surface area contributed by atoms with E-state index in [1.165, 1.54) is 0 Å². The molecule has 0 bridgehead atoms. The highest BCUT2D eigenvalue weighted by molar-refractivity contribution is 9.11. The number of carbonyl (C=O) groups is 1. The van der Waals surface area contributed by atoms with E-state index in [4.69, 9.17) is 5.73 Å². The summed E-state index contributed by atoms with van der Waals surface area (Å²) in [5.41, 5.74) is 7.62. The van der Waals surface area contributed by atoms with E-state index < -0.39 is 6.04 Å². The van der Waals surface area contributed by atoms with Gasteiger partial charge in [0.25, 0.3) is 0 Å². The van der Waals surface area contributed by atoms with Gasteiger partial charge in [-0.25, -0.2) is 0 Å². The van der Waals surface area contributed by atoms with Crippen molar-refractivity contribution < 1.29 is 4.79 Å². The molecule has 0 saturated heterocycles. The third kappa shape index (κ3) is 3.79. The summed E-state index contributed by atoms with van der Waals surface area (Å²) < 4.78 is 1.68. The Morgan fingerprint density at radius 3 is 2.18 bits per heavy atom. The van der Waals surface area contributed by atoms with Gasteiger partial charge in [0, 0.05) is 8.95 Å². The number of benzene rings is 1. The van der Waals surface area contributed by atoms with Crippen molar-refractivity contribution in [1.82, 2.24) is 0 Å². The molecule has 1 atom stereocenters. The van der Waals surface area contributed by atoms with E-state index in [-0.39, 0.29) is 11.8 Å². The Morgan fingerprint density at radius 2 is 1.76 bits per heavy atom. The molecule has 3 N–H and O–H groups in total. The van der Waals surface area contributed by atoms with Crippen molar-refractivity contribution in [2.24, 2.45) is 11.7 Å². The second kappa shape index (κ2) is 5.98. The first kappa shape index (κ1) is 14.7. The van der Waals surface area contributed by atoms with E-state index >= 15 is 0 Å². The van der Waals surface area contributed by atoms with Gasteiger partial charge < -0.3 is 11.1 Å². The SMILES string of the molecule is Cc1cc(Br)c(NC(=O)[C@@H](N)C(C)C)c(Br)c1. The van der Waals surface area contributed by atoms with Gasteiger partial charge in [0.05, 0.1) is 11.7 Å². The predicted octanol–water partition coefficient (Wildman–Crippen LogP) is 3.44. The highest BCUT2D eigenvalue weighted by Crippen LogP contribution is 2.32. The van der Waals surface area contributed by atoms with Crippen molar-refractivity contribution in [1.29, 1.82) is 0 Å². The minimum atomic E-state index is -0.505. The molecule has 0 aliphatic carbocycles. The van der Waals surface area contributed by atoms with E-state index in [1.54, 1.807) is 0 Å². The Balaban J connectivity index is 2.93. The van der Waals surface area contributed by atoms with Crippen molar-refractivity contribution in [3.8, 4) is 0 Å². The minimum absolute atomic E-state index is 0.109. The quantitative estimate of drug-likeness (QED) is 0.864. The number of hydrogen-bond acceptors (Lipinski definition) is 2. The predicted molar refractivity (Wildman–Crippen MR) is 78.0 cm³/mol. The van der Waals surface area contributed by atoms with Crippen molar-refractivity contribution in [3.63, 3.8) is 0 Å². The average molecular weight is 364 g/mol. The Hall–Kier alpha value is -0.390. The van der Waals surface area contributed by atoms with Crippen LogP contribution >= 0.6 is 31.9 Å². The Morgan fingerprint density at radius 1 is 1.29 bits per heavy atom. The maximum absolute atomic E-state index is 11.9. The van der Waals surface area contributed by atoms with E-state index in [0.717, 1.165) is 20.2 Å². The van der Waals surface area contributed by atoms with Crippen molar-refractivity contribution >= 4 is 43.5 Å². The molecule has 0 unspecified atom stereocenters. The fourth-order valence-corrected chi connectivity index (χ4v) is 2.94. The molecule has 1 amide bonds. The summed E-state index contributed by atoms with van der Waals surface area (Å²) in [5, 5.41) is 2.83. The number of nitrogens with two attached hydrogens (primary N) is 1. The maximum Gasteiger partial charge on any atom is 0.241 e. The van der Waals surface area contributed by atoms with Gasteiger partial charge in [-0.1, -0.05) is 13.8 Å². The van der Waals surface area contributed by atoms with Crippen LogP contribution in [0, 0.1) is 12.8 Å². The fourth-order valence-electron chi connectivity index (χ4n) is 1.33. The maximum atomic E-state index is 11.9. The Kier molecular flexibility index (Phi) is 5.16. The third-order valence-corrected chi connectivity index (χ3v) is 3.71. The summed E-state index contributed by atoms with van der Waals surface area (Å²) in [6.45, 7) is 5.83. The molecule has 0 aromatic heterocycles. The van der Waals surface area contributed by atoms with Crippen LogP contribution in [0.1, 0.15) is 19.4 Å². The second-order valence-electron chi connectivity index (χ2n) is 4.36. The largest absolute Gasteiger partial charge is 0.323 e. The van der Waals surface area contributed by atoms with Crippen LogP contribution in [0.15, 0.2) is 21.1 Å². The van der Waals surface area contributed by atoms with Gasteiger partial charge in [-0.2, -0.15) is 0 Å². The molecule has 0 aliphatic rings. The smallest absolute Gasteiger partial charge is 0.241 e. The normalized spacial score (nSPS) is 12.6. The van der Waals surface area contributed by atoms with Gasteiger partial charge in [-0.3, -0.25) is 4.79 Å². The zero-order chi connectivity index (χ0) is 13.2. The molecule has 0 spiro atoms. The van der Waals surface area contributed by atoms with Crippen LogP contribution in [0.5, 0.6) is 0 Å². The van der Waals surface area contributed by atoms with Crippen molar-refractivity contribution in [3.05, 3.63) is 26.6 Å². The number of nitrogens with one attached hydrogen (secondary N) is 1. The van der Waals surface area contributed by atoms with Crippen LogP contribution in [-0.4, -0.2) is 11.9 Å². The molecule has 5 heteroatoms. The van der Waals surface area contributed by atoms with Crippen LogP contribution in [0.3, 0.4) is 0 Å². The first-order chi connectivity index (χ1) is 7.82. The Labute approximate surface area is 118 Å². The van der Waals surface area contributed by atoms with Gasteiger partial charge in [-0.15, -0.1) is 0 Å². The zero-order valence-electron chi connectivity index (χ0n) is 10.1. The molecule has 1 rings (SSSR count). The highest BCUT2D eigenvalue weighted by Gasteiger charge is 2.19. The summed E-state index contributed by atoms with van der Waals surface area (Å²) in [7, 11) is 0. The highest BCUT2D eigenvalue weighted by atomic mass is 79.9. The molecule has 0 heterocycles. The van der Waals surface area contributed by atoms with E-state index in [0.29, 0.717) is 0 Å². The number of amides is 1. The standard InChI is InChI=1S/C12H16Br2N2O/c1-6(2)10(15)12(17)16-11-8(13)4-7(3)5-9(11)14/h4-6,10H,15H2,1-3H3,(H,16,17)/t10-/m0/s1. The summed E-state index contributed by atoms with van der Waals surface area (Å²) in [6, 6.07) is 3.39. The molecule has 0 aliphatic heterocycles. The third-order valence-electron chi connectivity index (χ3n) is 2.46. The lowest BCUT2D eigenvalue weighted by Gasteiger charge is -2.17. The second-order valence-corrected chi connectivity index (χ2v) is 6.07. The van der Waals surface area contributed by atoms with E-state index in [2.05, 4.69) is 37.2 Å².